The standard InChI is InChI=1S/C23H30FN.C2H3N/c1-25(18-16-19-7-3-2-4-8-19)17-6-9-20-12-14-21(15-13-20)22-10-5-11-23(22)24;1-2-3/h2-4,7-8,12-15,22-23H,5-6,9-11,16-18H2,1H3;1H3. The maximum absolute atomic E-state index is 13.9. The summed E-state index contributed by atoms with van der Waals surface area (Å²) in [5.41, 5.74) is 3.96. The van der Waals surface area contributed by atoms with E-state index in [9.17, 15) is 4.39 Å². The van der Waals surface area contributed by atoms with Crippen molar-refractivity contribution in [2.24, 2.45) is 0 Å². The molecule has 0 radical (unpaired) electrons. The van der Waals surface area contributed by atoms with Crippen molar-refractivity contribution in [1.29, 1.82) is 5.26 Å². The molecule has 2 nitrogen and oxygen atoms in total. The Kier molecular flexibility index (Phi) is 9.72. The molecule has 0 aliphatic heterocycles. The summed E-state index contributed by atoms with van der Waals surface area (Å²) in [5.74, 6) is 0.137. The van der Waals surface area contributed by atoms with Crippen LogP contribution < -0.4 is 0 Å². The zero-order valence-electron chi connectivity index (χ0n) is 17.3. The first-order valence-corrected chi connectivity index (χ1v) is 10.4. The number of halogens is 1. The molecule has 0 amide bonds. The Morgan fingerprint density at radius 2 is 1.61 bits per heavy atom. The zero-order valence-corrected chi connectivity index (χ0v) is 17.3. The van der Waals surface area contributed by atoms with E-state index in [1.807, 2.05) is 0 Å². The van der Waals surface area contributed by atoms with Gasteiger partial charge in [0.25, 0.3) is 0 Å². The summed E-state index contributed by atoms with van der Waals surface area (Å²) in [7, 11) is 2.20. The van der Waals surface area contributed by atoms with Gasteiger partial charge in [-0.2, -0.15) is 5.26 Å². The minimum atomic E-state index is -0.635. The van der Waals surface area contributed by atoms with Crippen molar-refractivity contribution in [3.05, 3.63) is 71.3 Å². The van der Waals surface area contributed by atoms with Gasteiger partial charge in [-0.1, -0.05) is 54.6 Å². The van der Waals surface area contributed by atoms with E-state index in [-0.39, 0.29) is 5.92 Å². The van der Waals surface area contributed by atoms with Crippen LogP contribution in [0, 0.1) is 11.3 Å². The van der Waals surface area contributed by atoms with E-state index in [1.165, 1.54) is 30.0 Å². The summed E-state index contributed by atoms with van der Waals surface area (Å²) >= 11 is 0. The number of hydrogen-bond acceptors (Lipinski definition) is 2. The third-order valence-electron chi connectivity index (χ3n) is 5.47. The summed E-state index contributed by atoms with van der Waals surface area (Å²) in [6, 6.07) is 21.1. The number of hydrogen-bond donors (Lipinski definition) is 0. The average molecular weight is 381 g/mol. The Hall–Kier alpha value is -2.18. The lowest BCUT2D eigenvalue weighted by atomic mass is 9.95. The Labute approximate surface area is 170 Å². The predicted octanol–water partition coefficient (Wildman–Crippen LogP) is 5.93. The van der Waals surface area contributed by atoms with Crippen LogP contribution in [0.25, 0.3) is 0 Å². The molecule has 0 N–H and O–H groups in total. The van der Waals surface area contributed by atoms with Crippen LogP contribution in [0.4, 0.5) is 4.39 Å². The molecule has 3 rings (SSSR count). The van der Waals surface area contributed by atoms with Crippen molar-refractivity contribution in [2.45, 2.75) is 57.5 Å². The van der Waals surface area contributed by atoms with Crippen LogP contribution >= 0.6 is 0 Å². The molecule has 1 saturated carbocycles. The summed E-state index contributed by atoms with van der Waals surface area (Å²) < 4.78 is 13.9. The smallest absolute Gasteiger partial charge is 0.107 e. The number of alkyl halides is 1. The molecule has 1 fully saturated rings. The molecule has 0 aromatic heterocycles. The highest BCUT2D eigenvalue weighted by Gasteiger charge is 2.27. The number of aryl methyl sites for hydroxylation is 1. The van der Waals surface area contributed by atoms with Crippen LogP contribution in [0.15, 0.2) is 54.6 Å². The fourth-order valence-corrected chi connectivity index (χ4v) is 3.85. The van der Waals surface area contributed by atoms with Gasteiger partial charge < -0.3 is 4.90 Å². The van der Waals surface area contributed by atoms with Crippen LogP contribution in [0.2, 0.25) is 0 Å². The van der Waals surface area contributed by atoms with E-state index in [4.69, 9.17) is 5.26 Å². The Morgan fingerprint density at radius 3 is 2.21 bits per heavy atom. The van der Waals surface area contributed by atoms with Crippen LogP contribution in [0.1, 0.15) is 55.2 Å². The van der Waals surface area contributed by atoms with E-state index in [2.05, 4.69) is 66.5 Å². The second-order valence-electron chi connectivity index (χ2n) is 7.66. The maximum atomic E-state index is 13.9. The van der Waals surface area contributed by atoms with E-state index in [0.29, 0.717) is 0 Å². The summed E-state index contributed by atoms with van der Waals surface area (Å²) in [6.45, 7) is 3.65. The third-order valence-corrected chi connectivity index (χ3v) is 5.47. The first kappa shape index (κ1) is 22.1. The van der Waals surface area contributed by atoms with Gasteiger partial charge in [-0.3, -0.25) is 0 Å². The first-order valence-electron chi connectivity index (χ1n) is 10.4. The largest absolute Gasteiger partial charge is 0.306 e. The van der Waals surface area contributed by atoms with Gasteiger partial charge in [-0.25, -0.2) is 4.39 Å². The fraction of sp³-hybridized carbons (Fsp3) is 0.480. The third kappa shape index (κ3) is 7.44. The highest BCUT2D eigenvalue weighted by molar-refractivity contribution is 5.27. The van der Waals surface area contributed by atoms with E-state index in [1.54, 1.807) is 6.07 Å². The van der Waals surface area contributed by atoms with Crippen molar-refractivity contribution >= 4 is 0 Å². The summed E-state index contributed by atoms with van der Waals surface area (Å²) in [4.78, 5) is 2.41. The molecule has 2 aromatic rings. The maximum Gasteiger partial charge on any atom is 0.107 e. The lowest BCUT2D eigenvalue weighted by Crippen LogP contribution is -2.22. The average Bonchev–Trinajstić information content (AvgIpc) is 3.14. The number of rotatable bonds is 8. The predicted molar refractivity (Wildman–Crippen MR) is 115 cm³/mol. The van der Waals surface area contributed by atoms with Gasteiger partial charge in [0.05, 0.1) is 6.07 Å². The normalized spacial score (nSPS) is 18.4. The van der Waals surface area contributed by atoms with Crippen LogP contribution in [-0.2, 0) is 12.8 Å². The highest BCUT2D eigenvalue weighted by Crippen LogP contribution is 2.36. The molecule has 0 bridgehead atoms. The topological polar surface area (TPSA) is 27.0 Å². The monoisotopic (exact) mass is 380 g/mol. The molecule has 150 valence electrons. The van der Waals surface area contributed by atoms with Crippen molar-refractivity contribution in [3.63, 3.8) is 0 Å². The molecule has 2 aromatic carbocycles. The fourth-order valence-electron chi connectivity index (χ4n) is 3.85. The quantitative estimate of drug-likeness (QED) is 0.567. The zero-order chi connectivity index (χ0) is 20.2. The van der Waals surface area contributed by atoms with Gasteiger partial charge in [0.15, 0.2) is 0 Å². The van der Waals surface area contributed by atoms with Crippen molar-refractivity contribution in [2.75, 3.05) is 20.1 Å². The molecule has 0 saturated heterocycles. The first-order chi connectivity index (χ1) is 13.6. The van der Waals surface area contributed by atoms with Crippen LogP contribution in [-0.4, -0.2) is 31.2 Å². The van der Waals surface area contributed by atoms with Crippen LogP contribution in [0.5, 0.6) is 0 Å². The lowest BCUT2D eigenvalue weighted by Gasteiger charge is -2.17. The molecule has 1 aliphatic rings. The van der Waals surface area contributed by atoms with Gasteiger partial charge in [0, 0.05) is 19.4 Å². The molecule has 1 aliphatic carbocycles. The van der Waals surface area contributed by atoms with Crippen molar-refractivity contribution in [1.82, 2.24) is 4.90 Å². The van der Waals surface area contributed by atoms with E-state index >= 15 is 0 Å². The molecule has 3 heteroatoms. The van der Waals surface area contributed by atoms with Gasteiger partial charge in [-0.15, -0.1) is 0 Å². The molecule has 0 spiro atoms. The van der Waals surface area contributed by atoms with E-state index < -0.39 is 6.17 Å². The number of nitrogens with zero attached hydrogens (tertiary/aromatic N) is 2. The Bertz CT molecular complexity index is 706. The molecule has 0 heterocycles. The second kappa shape index (κ2) is 12.3. The van der Waals surface area contributed by atoms with Crippen molar-refractivity contribution in [3.8, 4) is 6.07 Å². The number of likely N-dealkylation sites (N-methyl/N-ethyl adjacent to an activating group) is 1. The summed E-state index contributed by atoms with van der Waals surface area (Å²) in [5, 5.41) is 7.32. The lowest BCUT2D eigenvalue weighted by molar-refractivity contribution is 0.312. The van der Waals surface area contributed by atoms with Gasteiger partial charge in [0.1, 0.15) is 6.17 Å². The van der Waals surface area contributed by atoms with Gasteiger partial charge in [-0.05, 0) is 68.8 Å². The SMILES string of the molecule is CC#N.CN(CCCc1ccc(C2CCCC2F)cc1)CCc1ccccc1. The highest BCUT2D eigenvalue weighted by atomic mass is 19.1. The molecule has 2 atom stereocenters. The molecular formula is C25H33FN2. The Morgan fingerprint density at radius 1 is 0.964 bits per heavy atom. The van der Waals surface area contributed by atoms with Gasteiger partial charge in [0.2, 0.25) is 0 Å². The number of benzene rings is 2. The Balaban J connectivity index is 0.000000878. The summed E-state index contributed by atoms with van der Waals surface area (Å²) in [6.07, 6.45) is 5.51. The van der Waals surface area contributed by atoms with Crippen LogP contribution in [0.3, 0.4) is 0 Å². The van der Waals surface area contributed by atoms with Crippen molar-refractivity contribution < 1.29 is 4.39 Å². The van der Waals surface area contributed by atoms with Gasteiger partial charge >= 0.3 is 0 Å². The minimum absolute atomic E-state index is 0.137. The second-order valence-corrected chi connectivity index (χ2v) is 7.66. The molecule has 28 heavy (non-hydrogen) atoms. The minimum Gasteiger partial charge on any atom is -0.306 e. The molecular weight excluding hydrogens is 347 g/mol. The molecule has 2 unspecified atom stereocenters. The number of nitriles is 1. The van der Waals surface area contributed by atoms with E-state index in [0.717, 1.165) is 45.2 Å².